The molecule has 6 heteroatoms. The Kier molecular flexibility index (Phi) is 10.3. The molecule has 3 aliphatic carbocycles. The van der Waals surface area contributed by atoms with E-state index in [1.54, 1.807) is 5.57 Å². The summed E-state index contributed by atoms with van der Waals surface area (Å²) in [4.78, 5) is 0. The minimum atomic E-state index is -1.98. The van der Waals surface area contributed by atoms with E-state index in [1.807, 2.05) is 0 Å². The maximum absolute atomic E-state index is 7.08. The van der Waals surface area contributed by atoms with Crippen molar-refractivity contribution in [2.24, 2.45) is 17.3 Å². The Labute approximate surface area is 274 Å². The van der Waals surface area contributed by atoms with Crippen molar-refractivity contribution < 1.29 is 18.3 Å². The van der Waals surface area contributed by atoms with E-state index in [4.69, 9.17) is 18.3 Å². The van der Waals surface area contributed by atoms with Crippen LogP contribution in [0.15, 0.2) is 35.5 Å². The number of rotatable bonds is 9. The van der Waals surface area contributed by atoms with E-state index in [1.165, 1.54) is 43.3 Å². The fourth-order valence-electron chi connectivity index (χ4n) is 7.74. The highest BCUT2D eigenvalue weighted by Gasteiger charge is 2.53. The maximum Gasteiger partial charge on any atom is 0.192 e. The van der Waals surface area contributed by atoms with Crippen LogP contribution in [0.2, 0.25) is 36.3 Å². The molecular formula is C38H68O4Si2. The second kappa shape index (κ2) is 12.5. The number of hydrogen-bond acceptors (Lipinski definition) is 4. The van der Waals surface area contributed by atoms with Crippen molar-refractivity contribution in [3.63, 3.8) is 0 Å². The number of fused-ring (bicyclic) bond motifs is 1. The standard InChI is InChI=1S/C38H68O4Si2/c1-26-29(23-30(41-43(12,13)35(3,4)5)24-33(26)42-44(14,15)36(6,7)8)19-18-28-17-16-22-38(11)31(20-21-32(28)38)27(2)39-25-34-37(9,10)40-34/h18-19,27,30-34H,1,16-17,20-25H2,2-15H3/b28-18+,29-19-/t27-,30+,31+,32?,33-,34?,38+/m0/s1. The summed E-state index contributed by atoms with van der Waals surface area (Å²) in [5.41, 5.74) is 4.43. The number of ether oxygens (including phenoxy) is 2. The SMILES string of the molecule is C=C1/C(=C\C=C2/CCC[C@@]3(C)C2CC[C@@H]3[C@H](C)OCC2OC2(C)C)C[C@@H](O[Si](C)(C)C(C)(C)C)C[C@@H]1O[Si](C)(C)C(C)(C)C. The van der Waals surface area contributed by atoms with Gasteiger partial charge in [-0.2, -0.15) is 0 Å². The number of epoxide rings is 1. The number of allylic oxidation sites excluding steroid dienone is 3. The monoisotopic (exact) mass is 644 g/mol. The second-order valence-corrected chi connectivity index (χ2v) is 28.1. The summed E-state index contributed by atoms with van der Waals surface area (Å²) in [5.74, 6) is 1.23. The van der Waals surface area contributed by atoms with E-state index in [-0.39, 0.29) is 40.1 Å². The average Bonchev–Trinajstić information content (AvgIpc) is 3.32. The third-order valence-corrected chi connectivity index (χ3v) is 22.0. The first-order chi connectivity index (χ1) is 20.0. The lowest BCUT2D eigenvalue weighted by molar-refractivity contribution is -0.0296. The van der Waals surface area contributed by atoms with Crippen LogP contribution < -0.4 is 0 Å². The Hall–Kier alpha value is -0.506. The normalized spacial score (nSPS) is 35.7. The van der Waals surface area contributed by atoms with Gasteiger partial charge < -0.3 is 18.3 Å². The van der Waals surface area contributed by atoms with Gasteiger partial charge >= 0.3 is 0 Å². The van der Waals surface area contributed by atoms with Gasteiger partial charge in [-0.15, -0.1) is 0 Å². The molecule has 1 heterocycles. The lowest BCUT2D eigenvalue weighted by atomic mass is 9.62. The van der Waals surface area contributed by atoms with Crippen LogP contribution in [0.5, 0.6) is 0 Å². The Bertz CT molecular complexity index is 1120. The van der Waals surface area contributed by atoms with E-state index in [0.717, 1.165) is 19.4 Å². The molecule has 4 fully saturated rings. The van der Waals surface area contributed by atoms with Crippen molar-refractivity contribution >= 4 is 16.6 Å². The molecular weight excluding hydrogens is 577 g/mol. The summed E-state index contributed by atoms with van der Waals surface area (Å²) in [6.45, 7) is 38.1. The van der Waals surface area contributed by atoms with E-state index < -0.39 is 16.6 Å². The molecule has 44 heavy (non-hydrogen) atoms. The molecule has 252 valence electrons. The lowest BCUT2D eigenvalue weighted by Crippen LogP contribution is -2.49. The second-order valence-electron chi connectivity index (χ2n) is 18.6. The topological polar surface area (TPSA) is 40.2 Å². The molecule has 1 aliphatic heterocycles. The first kappa shape index (κ1) is 36.3. The largest absolute Gasteiger partial charge is 0.413 e. The van der Waals surface area contributed by atoms with Crippen LogP contribution in [0.3, 0.4) is 0 Å². The molecule has 2 unspecified atom stereocenters. The molecule has 7 atom stereocenters. The minimum Gasteiger partial charge on any atom is -0.413 e. The molecule has 0 aromatic rings. The third kappa shape index (κ3) is 7.62. The molecule has 0 spiro atoms. The molecule has 0 bridgehead atoms. The predicted octanol–water partition coefficient (Wildman–Crippen LogP) is 10.8. The Morgan fingerprint density at radius 1 is 0.955 bits per heavy atom. The highest BCUT2D eigenvalue weighted by Crippen LogP contribution is 2.59. The molecule has 4 aliphatic rings. The van der Waals surface area contributed by atoms with Crippen LogP contribution in [0.1, 0.15) is 114 Å². The van der Waals surface area contributed by atoms with Crippen molar-refractivity contribution in [3.8, 4) is 0 Å². The van der Waals surface area contributed by atoms with Crippen LogP contribution in [0.25, 0.3) is 0 Å². The van der Waals surface area contributed by atoms with Crippen molar-refractivity contribution in [3.05, 3.63) is 35.5 Å². The van der Waals surface area contributed by atoms with Gasteiger partial charge in [-0.3, -0.25) is 0 Å². The van der Waals surface area contributed by atoms with Gasteiger partial charge in [0.05, 0.1) is 30.5 Å². The molecule has 0 aromatic carbocycles. The van der Waals surface area contributed by atoms with Gasteiger partial charge in [0.25, 0.3) is 0 Å². The zero-order valence-electron chi connectivity index (χ0n) is 31.1. The van der Waals surface area contributed by atoms with Crippen LogP contribution >= 0.6 is 0 Å². The highest BCUT2D eigenvalue weighted by atomic mass is 28.4. The molecule has 0 radical (unpaired) electrons. The Morgan fingerprint density at radius 2 is 1.55 bits per heavy atom. The molecule has 0 amide bonds. The quantitative estimate of drug-likeness (QED) is 0.185. The maximum atomic E-state index is 7.08. The lowest BCUT2D eigenvalue weighted by Gasteiger charge is -2.45. The fraction of sp³-hybridized carbons (Fsp3) is 0.842. The Balaban J connectivity index is 1.55. The summed E-state index contributed by atoms with van der Waals surface area (Å²) in [7, 11) is -3.90. The van der Waals surface area contributed by atoms with Gasteiger partial charge in [0.2, 0.25) is 0 Å². The zero-order chi connectivity index (χ0) is 33.1. The van der Waals surface area contributed by atoms with Crippen molar-refractivity contribution in [1.29, 1.82) is 0 Å². The summed E-state index contributed by atoms with van der Waals surface area (Å²) in [5, 5.41) is 0.331. The summed E-state index contributed by atoms with van der Waals surface area (Å²) >= 11 is 0. The summed E-state index contributed by atoms with van der Waals surface area (Å²) in [6, 6.07) is 0. The first-order valence-corrected chi connectivity index (χ1v) is 23.5. The summed E-state index contributed by atoms with van der Waals surface area (Å²) < 4.78 is 26.4. The van der Waals surface area contributed by atoms with E-state index in [9.17, 15) is 0 Å². The van der Waals surface area contributed by atoms with Crippen LogP contribution in [-0.2, 0) is 18.3 Å². The minimum absolute atomic E-state index is 0.0112. The zero-order valence-corrected chi connectivity index (χ0v) is 33.1. The van der Waals surface area contributed by atoms with Crippen LogP contribution in [-0.4, -0.2) is 53.3 Å². The summed E-state index contributed by atoms with van der Waals surface area (Å²) in [6.07, 6.45) is 13.8. The third-order valence-electron chi connectivity index (χ3n) is 13.0. The van der Waals surface area contributed by atoms with Crippen LogP contribution in [0, 0.1) is 17.3 Å². The van der Waals surface area contributed by atoms with Crippen molar-refractivity contribution in [1.82, 2.24) is 0 Å². The van der Waals surface area contributed by atoms with Crippen LogP contribution in [0.4, 0.5) is 0 Å². The van der Waals surface area contributed by atoms with E-state index >= 15 is 0 Å². The van der Waals surface area contributed by atoms with Crippen molar-refractivity contribution in [2.45, 2.75) is 180 Å². The predicted molar refractivity (Wildman–Crippen MR) is 191 cm³/mol. The van der Waals surface area contributed by atoms with E-state index in [0.29, 0.717) is 17.3 Å². The van der Waals surface area contributed by atoms with Gasteiger partial charge in [-0.25, -0.2) is 0 Å². The molecule has 3 saturated carbocycles. The van der Waals surface area contributed by atoms with Gasteiger partial charge in [0.15, 0.2) is 16.6 Å². The average molecular weight is 645 g/mol. The Morgan fingerprint density at radius 3 is 2.11 bits per heavy atom. The van der Waals surface area contributed by atoms with Gasteiger partial charge in [0.1, 0.15) is 6.10 Å². The van der Waals surface area contributed by atoms with E-state index in [2.05, 4.69) is 114 Å². The molecule has 1 saturated heterocycles. The number of hydrogen-bond donors (Lipinski definition) is 0. The van der Waals surface area contributed by atoms with Crippen molar-refractivity contribution in [2.75, 3.05) is 6.61 Å². The smallest absolute Gasteiger partial charge is 0.192 e. The van der Waals surface area contributed by atoms with Gasteiger partial charge in [-0.05, 0) is 124 Å². The molecule has 4 nitrogen and oxygen atoms in total. The fourth-order valence-corrected chi connectivity index (χ4v) is 10.4. The van der Waals surface area contributed by atoms with Gasteiger partial charge in [0, 0.05) is 6.42 Å². The molecule has 0 N–H and O–H groups in total. The first-order valence-electron chi connectivity index (χ1n) is 17.7. The van der Waals surface area contributed by atoms with Gasteiger partial charge in [-0.1, -0.05) is 72.8 Å². The molecule has 4 rings (SSSR count). The molecule has 0 aromatic heterocycles. The highest BCUT2D eigenvalue weighted by molar-refractivity contribution is 6.74.